The fraction of sp³-hybridized carbons (Fsp3) is 0.700. The lowest BCUT2D eigenvalue weighted by Gasteiger charge is -2.20. The molecule has 1 aromatic rings. The zero-order valence-corrected chi connectivity index (χ0v) is 15.8. The normalized spacial score (nSPS) is 13.2. The number of fused-ring (bicyclic) bond motifs is 1. The van der Waals surface area contributed by atoms with Crippen LogP contribution in [0.3, 0.4) is 0 Å². The summed E-state index contributed by atoms with van der Waals surface area (Å²) in [6, 6.07) is 2.34. The van der Waals surface area contributed by atoms with Gasteiger partial charge >= 0.3 is 5.97 Å². The molecule has 0 aliphatic carbocycles. The molecule has 1 aliphatic rings. The van der Waals surface area contributed by atoms with E-state index in [0.717, 1.165) is 44.6 Å². The Morgan fingerprint density at radius 3 is 2.76 bits per heavy atom. The van der Waals surface area contributed by atoms with E-state index in [4.69, 9.17) is 4.98 Å². The molecule has 0 atom stereocenters. The summed E-state index contributed by atoms with van der Waals surface area (Å²) in [6.07, 6.45) is 10.8. The molecule has 2 N–H and O–H groups in total. The van der Waals surface area contributed by atoms with Gasteiger partial charge in [0.25, 0.3) is 0 Å². The molecule has 25 heavy (non-hydrogen) atoms. The van der Waals surface area contributed by atoms with Crippen molar-refractivity contribution < 1.29 is 9.53 Å². The lowest BCUT2D eigenvalue weighted by molar-refractivity contribution is -0.140. The molecule has 0 fully saturated rings. The Kier molecular flexibility index (Phi) is 8.73. The Hall–Kier alpha value is -1.62. The van der Waals surface area contributed by atoms with E-state index < -0.39 is 0 Å². The predicted molar refractivity (Wildman–Crippen MR) is 102 cm³/mol. The minimum Gasteiger partial charge on any atom is -0.469 e. The number of nitrogens with zero attached hydrogens (tertiary/aromatic N) is 1. The number of aryl methyl sites for hydroxylation is 2. The van der Waals surface area contributed by atoms with Gasteiger partial charge in [-0.25, -0.2) is 4.98 Å². The fourth-order valence-electron chi connectivity index (χ4n) is 3.40. The first-order chi connectivity index (χ1) is 12.2. The Labute approximate surface area is 151 Å². The van der Waals surface area contributed by atoms with Gasteiger partial charge in [-0.05, 0) is 56.3 Å². The van der Waals surface area contributed by atoms with Crippen LogP contribution in [-0.4, -0.2) is 31.7 Å². The van der Waals surface area contributed by atoms with Crippen molar-refractivity contribution in [1.29, 1.82) is 0 Å². The Morgan fingerprint density at radius 2 is 2.00 bits per heavy atom. The molecule has 0 bridgehead atoms. The fourth-order valence-corrected chi connectivity index (χ4v) is 3.40. The van der Waals surface area contributed by atoms with Crippen LogP contribution in [0, 0.1) is 0 Å². The number of hydrogen-bond acceptors (Lipinski definition) is 5. The van der Waals surface area contributed by atoms with Crippen molar-refractivity contribution >= 4 is 11.8 Å². The lowest BCUT2D eigenvalue weighted by Crippen LogP contribution is -2.17. The van der Waals surface area contributed by atoms with Crippen LogP contribution in [0.25, 0.3) is 0 Å². The van der Waals surface area contributed by atoms with Crippen molar-refractivity contribution in [2.45, 2.75) is 70.8 Å². The van der Waals surface area contributed by atoms with Gasteiger partial charge < -0.3 is 15.4 Å². The third-order valence-electron chi connectivity index (χ3n) is 4.82. The first kappa shape index (κ1) is 19.7. The largest absolute Gasteiger partial charge is 0.469 e. The van der Waals surface area contributed by atoms with Crippen LogP contribution in [0.1, 0.15) is 68.2 Å². The number of anilines is 1. The molecule has 0 spiro atoms. The summed E-state index contributed by atoms with van der Waals surface area (Å²) in [5.41, 5.74) is 3.96. The van der Waals surface area contributed by atoms with E-state index in [1.54, 1.807) is 0 Å². The van der Waals surface area contributed by atoms with Gasteiger partial charge in [0.2, 0.25) is 0 Å². The summed E-state index contributed by atoms with van der Waals surface area (Å²) >= 11 is 0. The number of pyridine rings is 1. The molecule has 1 aromatic heterocycles. The number of ether oxygens (including phenoxy) is 1. The molecule has 2 heterocycles. The number of methoxy groups -OCH3 is 1. The molecule has 0 aromatic carbocycles. The number of rotatable bonds is 11. The van der Waals surface area contributed by atoms with Gasteiger partial charge in [0.15, 0.2) is 0 Å². The number of nitrogens with one attached hydrogen (secondary N) is 2. The van der Waals surface area contributed by atoms with Gasteiger partial charge in [0, 0.05) is 25.2 Å². The standard InChI is InChI=1S/C20H33N3O2/c1-21-15-17-14-16-10-9-13-22-20(16)23-18(17)11-7-5-3-4-6-8-12-19(24)25-2/h14,21H,3-13,15H2,1-2H3,(H,22,23). The average molecular weight is 348 g/mol. The molecule has 1 aliphatic heterocycles. The van der Waals surface area contributed by atoms with Crippen molar-refractivity contribution in [3.63, 3.8) is 0 Å². The van der Waals surface area contributed by atoms with Crippen LogP contribution in [0.5, 0.6) is 0 Å². The molecule has 5 nitrogen and oxygen atoms in total. The molecule has 140 valence electrons. The molecule has 0 saturated heterocycles. The maximum atomic E-state index is 11.1. The monoisotopic (exact) mass is 347 g/mol. The Morgan fingerprint density at radius 1 is 1.24 bits per heavy atom. The quantitative estimate of drug-likeness (QED) is 0.473. The first-order valence-electron chi connectivity index (χ1n) is 9.71. The van der Waals surface area contributed by atoms with E-state index in [0.29, 0.717) is 6.42 Å². The third kappa shape index (κ3) is 6.65. The molecule has 0 amide bonds. The minimum absolute atomic E-state index is 0.0934. The van der Waals surface area contributed by atoms with Crippen molar-refractivity contribution in [1.82, 2.24) is 10.3 Å². The van der Waals surface area contributed by atoms with Crippen LogP contribution >= 0.6 is 0 Å². The number of carbonyl (C=O) groups excluding carboxylic acids is 1. The highest BCUT2D eigenvalue weighted by Crippen LogP contribution is 2.24. The Balaban J connectivity index is 1.71. The second kappa shape index (κ2) is 11.1. The van der Waals surface area contributed by atoms with Crippen molar-refractivity contribution in [2.24, 2.45) is 0 Å². The first-order valence-corrected chi connectivity index (χ1v) is 9.71. The number of carbonyl (C=O) groups is 1. The molecular formula is C20H33N3O2. The summed E-state index contributed by atoms with van der Waals surface area (Å²) in [5, 5.41) is 6.71. The van der Waals surface area contributed by atoms with Gasteiger partial charge in [0.1, 0.15) is 5.82 Å². The molecule has 5 heteroatoms. The number of esters is 1. The average Bonchev–Trinajstić information content (AvgIpc) is 2.64. The van der Waals surface area contributed by atoms with E-state index in [2.05, 4.69) is 21.4 Å². The van der Waals surface area contributed by atoms with Crippen molar-refractivity contribution in [3.05, 3.63) is 22.9 Å². The Bertz CT molecular complexity index is 546. The number of aromatic nitrogens is 1. The zero-order chi connectivity index (χ0) is 17.9. The lowest BCUT2D eigenvalue weighted by atomic mass is 10.00. The molecule has 0 radical (unpaired) electrons. The maximum absolute atomic E-state index is 11.1. The van der Waals surface area contributed by atoms with Crippen LogP contribution in [-0.2, 0) is 28.9 Å². The van der Waals surface area contributed by atoms with E-state index in [9.17, 15) is 4.79 Å². The summed E-state index contributed by atoms with van der Waals surface area (Å²) in [5.74, 6) is 1.01. The second-order valence-corrected chi connectivity index (χ2v) is 6.86. The minimum atomic E-state index is -0.0934. The predicted octanol–water partition coefficient (Wildman–Crippen LogP) is 3.61. The van der Waals surface area contributed by atoms with Crippen LogP contribution < -0.4 is 10.6 Å². The third-order valence-corrected chi connectivity index (χ3v) is 4.82. The van der Waals surface area contributed by atoms with E-state index in [1.165, 1.54) is 56.0 Å². The van der Waals surface area contributed by atoms with Crippen molar-refractivity contribution in [2.75, 3.05) is 26.0 Å². The molecular weight excluding hydrogens is 314 g/mol. The highest BCUT2D eigenvalue weighted by atomic mass is 16.5. The van der Waals surface area contributed by atoms with Gasteiger partial charge in [-0.15, -0.1) is 0 Å². The SMILES string of the molecule is CNCc1cc2c(nc1CCCCCCCCC(=O)OC)NCCC2. The summed E-state index contributed by atoms with van der Waals surface area (Å²) in [4.78, 5) is 16.0. The maximum Gasteiger partial charge on any atom is 0.305 e. The topological polar surface area (TPSA) is 63.2 Å². The van der Waals surface area contributed by atoms with Gasteiger partial charge in [-0.2, -0.15) is 0 Å². The summed E-state index contributed by atoms with van der Waals surface area (Å²) in [7, 11) is 3.45. The van der Waals surface area contributed by atoms with Gasteiger partial charge in [0.05, 0.1) is 7.11 Å². The van der Waals surface area contributed by atoms with Crippen LogP contribution in [0.4, 0.5) is 5.82 Å². The smallest absolute Gasteiger partial charge is 0.305 e. The molecule has 2 rings (SSSR count). The van der Waals surface area contributed by atoms with E-state index in [1.807, 2.05) is 7.05 Å². The van der Waals surface area contributed by atoms with Crippen LogP contribution in [0.2, 0.25) is 0 Å². The van der Waals surface area contributed by atoms with Gasteiger partial charge in [-0.1, -0.05) is 25.7 Å². The zero-order valence-electron chi connectivity index (χ0n) is 15.8. The van der Waals surface area contributed by atoms with Crippen LogP contribution in [0.15, 0.2) is 6.07 Å². The van der Waals surface area contributed by atoms with Crippen molar-refractivity contribution in [3.8, 4) is 0 Å². The summed E-state index contributed by atoms with van der Waals surface area (Å²) in [6.45, 7) is 1.93. The summed E-state index contributed by atoms with van der Waals surface area (Å²) < 4.78 is 4.66. The van der Waals surface area contributed by atoms with E-state index in [-0.39, 0.29) is 5.97 Å². The van der Waals surface area contributed by atoms with E-state index >= 15 is 0 Å². The number of unbranched alkanes of at least 4 members (excludes halogenated alkanes) is 5. The highest BCUT2D eigenvalue weighted by Gasteiger charge is 2.14. The second-order valence-electron chi connectivity index (χ2n) is 6.86. The highest BCUT2D eigenvalue weighted by molar-refractivity contribution is 5.68. The van der Waals surface area contributed by atoms with Gasteiger partial charge in [-0.3, -0.25) is 4.79 Å². The molecule has 0 unspecified atom stereocenters. The molecule has 0 saturated carbocycles. The number of hydrogen-bond donors (Lipinski definition) is 2.